The number of rotatable bonds is 1. The molecule has 0 spiro atoms. The number of fused-ring (bicyclic) bond motifs is 1. The molecule has 84 valence electrons. The number of nitrogens with zero attached hydrogens (tertiary/aromatic N) is 2. The Labute approximate surface area is 101 Å². The summed E-state index contributed by atoms with van der Waals surface area (Å²) in [6.45, 7) is 3.58. The van der Waals surface area contributed by atoms with Crippen LogP contribution in [0.25, 0.3) is 10.2 Å². The molecule has 2 aromatic rings. The molecule has 0 N–H and O–H groups in total. The van der Waals surface area contributed by atoms with Gasteiger partial charge in [-0.1, -0.05) is 11.6 Å². The fraction of sp³-hybridized carbons (Fsp3) is 0.300. The molecule has 0 aromatic carbocycles. The first-order chi connectivity index (χ1) is 7.54. The average Bonchev–Trinajstić information content (AvgIpc) is 2.54. The molecule has 0 saturated carbocycles. The highest BCUT2D eigenvalue weighted by Gasteiger charge is 2.19. The van der Waals surface area contributed by atoms with Gasteiger partial charge in [-0.25, -0.2) is 14.8 Å². The van der Waals surface area contributed by atoms with Crippen LogP contribution in [0.3, 0.4) is 0 Å². The number of aromatic nitrogens is 2. The van der Waals surface area contributed by atoms with E-state index in [-0.39, 0.29) is 5.97 Å². The van der Waals surface area contributed by atoms with Crippen molar-refractivity contribution >= 4 is 39.1 Å². The van der Waals surface area contributed by atoms with Gasteiger partial charge >= 0.3 is 5.97 Å². The summed E-state index contributed by atoms with van der Waals surface area (Å²) in [7, 11) is 1.35. The first kappa shape index (κ1) is 11.3. The van der Waals surface area contributed by atoms with Crippen molar-refractivity contribution in [2.45, 2.75) is 13.8 Å². The third-order valence-corrected chi connectivity index (χ3v) is 3.67. The molecule has 16 heavy (non-hydrogen) atoms. The zero-order chi connectivity index (χ0) is 11.9. The van der Waals surface area contributed by atoms with Crippen molar-refractivity contribution in [2.75, 3.05) is 7.11 Å². The minimum Gasteiger partial charge on any atom is -0.465 e. The van der Waals surface area contributed by atoms with Crippen molar-refractivity contribution in [3.05, 3.63) is 21.4 Å². The monoisotopic (exact) mass is 256 g/mol. The number of thiophene rings is 1. The molecule has 6 heteroatoms. The number of carbonyl (C=O) groups excluding carboxylic acids is 1. The Morgan fingerprint density at radius 1 is 1.38 bits per heavy atom. The van der Waals surface area contributed by atoms with Crippen LogP contribution in [0.4, 0.5) is 0 Å². The zero-order valence-electron chi connectivity index (χ0n) is 9.00. The van der Waals surface area contributed by atoms with Crippen LogP contribution in [0.5, 0.6) is 0 Å². The van der Waals surface area contributed by atoms with E-state index in [4.69, 9.17) is 16.3 Å². The lowest BCUT2D eigenvalue weighted by Crippen LogP contribution is -1.99. The van der Waals surface area contributed by atoms with Gasteiger partial charge in [0.1, 0.15) is 20.7 Å². The SMILES string of the molecule is COC(=O)c1sc2nc(C)nc(Cl)c2c1C. The predicted octanol–water partition coefficient (Wildman–Crippen LogP) is 2.75. The van der Waals surface area contributed by atoms with E-state index in [1.54, 1.807) is 6.92 Å². The molecular formula is C10H9ClN2O2S. The summed E-state index contributed by atoms with van der Waals surface area (Å²) in [5.41, 5.74) is 0.775. The van der Waals surface area contributed by atoms with E-state index >= 15 is 0 Å². The second kappa shape index (κ2) is 3.99. The van der Waals surface area contributed by atoms with Gasteiger partial charge in [0.2, 0.25) is 0 Å². The third-order valence-electron chi connectivity index (χ3n) is 2.23. The Balaban J connectivity index is 2.78. The van der Waals surface area contributed by atoms with Crippen LogP contribution in [0.15, 0.2) is 0 Å². The van der Waals surface area contributed by atoms with Crippen LogP contribution in [0.2, 0.25) is 5.15 Å². The van der Waals surface area contributed by atoms with Crippen LogP contribution < -0.4 is 0 Å². The molecule has 0 fully saturated rings. The number of esters is 1. The third kappa shape index (κ3) is 1.66. The molecule has 0 saturated heterocycles. The molecular weight excluding hydrogens is 248 g/mol. The summed E-state index contributed by atoms with van der Waals surface area (Å²) in [5, 5.41) is 1.11. The van der Waals surface area contributed by atoms with Gasteiger partial charge in [-0.3, -0.25) is 0 Å². The summed E-state index contributed by atoms with van der Waals surface area (Å²) in [6.07, 6.45) is 0. The Bertz CT molecular complexity index is 580. The second-order valence-corrected chi connectivity index (χ2v) is 4.65. The quantitative estimate of drug-likeness (QED) is 0.582. The summed E-state index contributed by atoms with van der Waals surface area (Å²) < 4.78 is 4.70. The van der Waals surface area contributed by atoms with Gasteiger partial charge < -0.3 is 4.74 Å². The normalized spacial score (nSPS) is 10.8. The first-order valence-electron chi connectivity index (χ1n) is 4.56. The highest BCUT2D eigenvalue weighted by atomic mass is 35.5. The fourth-order valence-electron chi connectivity index (χ4n) is 1.48. The maximum atomic E-state index is 11.5. The lowest BCUT2D eigenvalue weighted by molar-refractivity contribution is 0.0605. The van der Waals surface area contributed by atoms with E-state index in [1.165, 1.54) is 18.4 Å². The molecule has 0 unspecified atom stereocenters. The maximum Gasteiger partial charge on any atom is 0.348 e. The van der Waals surface area contributed by atoms with Crippen molar-refractivity contribution in [3.8, 4) is 0 Å². The number of hydrogen-bond donors (Lipinski definition) is 0. The summed E-state index contributed by atoms with van der Waals surface area (Å²) in [4.78, 5) is 21.1. The standard InChI is InChI=1S/C10H9ClN2O2S/c1-4-6-8(11)12-5(2)13-9(6)16-7(4)10(14)15-3/h1-3H3. The van der Waals surface area contributed by atoms with E-state index in [0.717, 1.165) is 15.8 Å². The highest BCUT2D eigenvalue weighted by molar-refractivity contribution is 7.20. The van der Waals surface area contributed by atoms with Crippen LogP contribution in [-0.2, 0) is 4.74 Å². The van der Waals surface area contributed by atoms with Crippen molar-refractivity contribution < 1.29 is 9.53 Å². The zero-order valence-corrected chi connectivity index (χ0v) is 10.6. The van der Waals surface area contributed by atoms with Gasteiger partial charge in [0, 0.05) is 0 Å². The summed E-state index contributed by atoms with van der Waals surface area (Å²) in [5.74, 6) is 0.226. The van der Waals surface area contributed by atoms with Crippen molar-refractivity contribution in [3.63, 3.8) is 0 Å². The van der Waals surface area contributed by atoms with Gasteiger partial charge in [0.15, 0.2) is 0 Å². The predicted molar refractivity (Wildman–Crippen MR) is 63.2 cm³/mol. The molecule has 2 heterocycles. The smallest absolute Gasteiger partial charge is 0.348 e. The van der Waals surface area contributed by atoms with Crippen molar-refractivity contribution in [1.29, 1.82) is 0 Å². The van der Waals surface area contributed by atoms with Gasteiger partial charge in [0.25, 0.3) is 0 Å². The van der Waals surface area contributed by atoms with Crippen LogP contribution in [-0.4, -0.2) is 23.0 Å². The van der Waals surface area contributed by atoms with E-state index in [1.807, 2.05) is 6.92 Å². The molecule has 0 radical (unpaired) electrons. The highest BCUT2D eigenvalue weighted by Crippen LogP contribution is 2.33. The maximum absolute atomic E-state index is 11.5. The molecule has 2 aromatic heterocycles. The molecule has 0 aliphatic rings. The number of carbonyl (C=O) groups is 1. The number of ether oxygens (including phenoxy) is 1. The molecule has 4 nitrogen and oxygen atoms in total. The number of methoxy groups -OCH3 is 1. The minimum atomic E-state index is -0.366. The lowest BCUT2D eigenvalue weighted by Gasteiger charge is -1.97. The molecule has 0 aliphatic carbocycles. The van der Waals surface area contributed by atoms with Gasteiger partial charge in [0.05, 0.1) is 12.5 Å². The lowest BCUT2D eigenvalue weighted by atomic mass is 10.2. The molecule has 0 amide bonds. The van der Waals surface area contributed by atoms with E-state index < -0.39 is 0 Å². The number of hydrogen-bond acceptors (Lipinski definition) is 5. The van der Waals surface area contributed by atoms with Crippen LogP contribution >= 0.6 is 22.9 Å². The Morgan fingerprint density at radius 2 is 2.06 bits per heavy atom. The Kier molecular flexibility index (Phi) is 2.82. The average molecular weight is 257 g/mol. The van der Waals surface area contributed by atoms with Gasteiger partial charge in [-0.05, 0) is 19.4 Å². The summed E-state index contributed by atoms with van der Waals surface area (Å²) >= 11 is 7.31. The molecule has 2 rings (SSSR count). The minimum absolute atomic E-state index is 0.366. The molecule has 0 atom stereocenters. The second-order valence-electron chi connectivity index (χ2n) is 3.29. The van der Waals surface area contributed by atoms with Gasteiger partial charge in [-0.15, -0.1) is 11.3 Å². The van der Waals surface area contributed by atoms with Crippen LogP contribution in [0, 0.1) is 13.8 Å². The Morgan fingerprint density at radius 3 is 2.69 bits per heavy atom. The topological polar surface area (TPSA) is 52.1 Å². The van der Waals surface area contributed by atoms with Gasteiger partial charge in [-0.2, -0.15) is 0 Å². The largest absolute Gasteiger partial charge is 0.465 e. The van der Waals surface area contributed by atoms with Crippen LogP contribution in [0.1, 0.15) is 21.1 Å². The van der Waals surface area contributed by atoms with E-state index in [2.05, 4.69) is 9.97 Å². The molecule has 0 aliphatic heterocycles. The Hall–Kier alpha value is -1.20. The number of aryl methyl sites for hydroxylation is 2. The van der Waals surface area contributed by atoms with Crippen molar-refractivity contribution in [1.82, 2.24) is 9.97 Å². The number of halogens is 1. The first-order valence-corrected chi connectivity index (χ1v) is 5.75. The molecule has 0 bridgehead atoms. The van der Waals surface area contributed by atoms with E-state index in [9.17, 15) is 4.79 Å². The fourth-order valence-corrected chi connectivity index (χ4v) is 3.03. The van der Waals surface area contributed by atoms with Crippen molar-refractivity contribution in [2.24, 2.45) is 0 Å². The van der Waals surface area contributed by atoms with E-state index in [0.29, 0.717) is 15.9 Å². The summed E-state index contributed by atoms with van der Waals surface area (Å²) in [6, 6.07) is 0.